The molecule has 8 nitrogen and oxygen atoms in total. The zero-order valence-electron chi connectivity index (χ0n) is 18.8. The standard InChI is InChI=1S/C25H29N3O5/c1-2-32-24(29)14-19-13-21-7-8-22(15-23(21)33-17-19)27-25(30)20-5-3-18(4-6-20)16-26-28-9-11-31-12-10-28/h3-8,15-16,19H,2,9-14,17H2,1H3,(H,27,30). The molecule has 0 aliphatic carbocycles. The number of hydrogen-bond donors (Lipinski definition) is 1. The maximum atomic E-state index is 12.7. The number of anilines is 1. The Morgan fingerprint density at radius 1 is 1.18 bits per heavy atom. The minimum atomic E-state index is -0.197. The number of hydrogen-bond acceptors (Lipinski definition) is 7. The summed E-state index contributed by atoms with van der Waals surface area (Å²) in [6.07, 6.45) is 2.89. The van der Waals surface area contributed by atoms with E-state index in [2.05, 4.69) is 10.4 Å². The van der Waals surface area contributed by atoms with Crippen molar-refractivity contribution < 1.29 is 23.8 Å². The Kier molecular flexibility index (Phi) is 7.57. The van der Waals surface area contributed by atoms with E-state index in [1.807, 2.05) is 35.3 Å². The molecule has 1 fully saturated rings. The van der Waals surface area contributed by atoms with Gasteiger partial charge in [-0.2, -0.15) is 5.10 Å². The van der Waals surface area contributed by atoms with Gasteiger partial charge in [-0.25, -0.2) is 0 Å². The number of nitrogens with zero attached hydrogens (tertiary/aromatic N) is 2. The minimum Gasteiger partial charge on any atom is -0.493 e. The van der Waals surface area contributed by atoms with Gasteiger partial charge in [0.2, 0.25) is 0 Å². The molecule has 0 aromatic heterocycles. The van der Waals surface area contributed by atoms with E-state index in [9.17, 15) is 9.59 Å². The Bertz CT molecular complexity index is 1000. The van der Waals surface area contributed by atoms with Crippen molar-refractivity contribution in [1.82, 2.24) is 5.01 Å². The third kappa shape index (κ3) is 6.32. The van der Waals surface area contributed by atoms with Crippen molar-refractivity contribution in [1.29, 1.82) is 0 Å². The minimum absolute atomic E-state index is 0.0993. The maximum Gasteiger partial charge on any atom is 0.306 e. The molecule has 1 unspecified atom stereocenters. The van der Waals surface area contributed by atoms with Crippen LogP contribution in [0.2, 0.25) is 0 Å². The van der Waals surface area contributed by atoms with Gasteiger partial charge in [-0.05, 0) is 42.7 Å². The van der Waals surface area contributed by atoms with Gasteiger partial charge < -0.3 is 19.5 Å². The van der Waals surface area contributed by atoms with Gasteiger partial charge in [0.05, 0.1) is 52.2 Å². The second-order valence-corrected chi connectivity index (χ2v) is 8.10. The Balaban J connectivity index is 1.32. The highest BCUT2D eigenvalue weighted by Crippen LogP contribution is 2.31. The van der Waals surface area contributed by atoms with Crippen LogP contribution in [0.25, 0.3) is 0 Å². The molecule has 1 amide bonds. The highest BCUT2D eigenvalue weighted by atomic mass is 16.5. The summed E-state index contributed by atoms with van der Waals surface area (Å²) in [5.74, 6) is 0.448. The summed E-state index contributed by atoms with van der Waals surface area (Å²) in [5, 5.41) is 9.35. The molecule has 2 aromatic carbocycles. The number of rotatable bonds is 7. The summed E-state index contributed by atoms with van der Waals surface area (Å²) < 4.78 is 16.2. The van der Waals surface area contributed by atoms with Crippen LogP contribution in [0.4, 0.5) is 5.69 Å². The van der Waals surface area contributed by atoms with Crippen LogP contribution in [-0.2, 0) is 20.7 Å². The highest BCUT2D eigenvalue weighted by molar-refractivity contribution is 6.04. The fourth-order valence-electron chi connectivity index (χ4n) is 3.84. The number of amides is 1. The average Bonchev–Trinajstić information content (AvgIpc) is 2.84. The molecule has 174 valence electrons. The first-order valence-corrected chi connectivity index (χ1v) is 11.3. The lowest BCUT2D eigenvalue weighted by Crippen LogP contribution is -2.32. The number of carbonyl (C=O) groups excluding carboxylic acids is 2. The van der Waals surface area contributed by atoms with Crippen LogP contribution < -0.4 is 10.1 Å². The van der Waals surface area contributed by atoms with Crippen molar-refractivity contribution >= 4 is 23.8 Å². The van der Waals surface area contributed by atoms with E-state index in [4.69, 9.17) is 14.2 Å². The molecule has 2 aliphatic rings. The van der Waals surface area contributed by atoms with Crippen LogP contribution >= 0.6 is 0 Å². The summed E-state index contributed by atoms with van der Waals surface area (Å²) in [7, 11) is 0. The predicted octanol–water partition coefficient (Wildman–Crippen LogP) is 3.11. The average molecular weight is 452 g/mol. The van der Waals surface area contributed by atoms with Crippen molar-refractivity contribution in [3.05, 3.63) is 59.2 Å². The molecule has 2 aliphatic heterocycles. The van der Waals surface area contributed by atoms with E-state index in [0.29, 0.717) is 44.1 Å². The summed E-state index contributed by atoms with van der Waals surface area (Å²) in [6, 6.07) is 12.9. The number of benzene rings is 2. The van der Waals surface area contributed by atoms with E-state index in [1.54, 1.807) is 25.3 Å². The molecule has 33 heavy (non-hydrogen) atoms. The Hall–Kier alpha value is -3.39. The summed E-state index contributed by atoms with van der Waals surface area (Å²) >= 11 is 0. The van der Waals surface area contributed by atoms with Crippen LogP contribution in [0, 0.1) is 5.92 Å². The van der Waals surface area contributed by atoms with E-state index >= 15 is 0 Å². The van der Waals surface area contributed by atoms with Gasteiger partial charge in [-0.3, -0.25) is 14.6 Å². The molecule has 4 rings (SSSR count). The van der Waals surface area contributed by atoms with Crippen molar-refractivity contribution in [3.8, 4) is 5.75 Å². The first-order chi connectivity index (χ1) is 16.1. The third-order valence-corrected chi connectivity index (χ3v) is 5.60. The highest BCUT2D eigenvalue weighted by Gasteiger charge is 2.23. The molecule has 1 N–H and O–H groups in total. The monoisotopic (exact) mass is 451 g/mol. The van der Waals surface area contributed by atoms with Gasteiger partial charge >= 0.3 is 5.97 Å². The fraction of sp³-hybridized carbons (Fsp3) is 0.400. The van der Waals surface area contributed by atoms with Crippen molar-refractivity contribution in [2.75, 3.05) is 44.8 Å². The van der Waals surface area contributed by atoms with Crippen molar-refractivity contribution in [2.24, 2.45) is 11.0 Å². The zero-order chi connectivity index (χ0) is 23.0. The second-order valence-electron chi connectivity index (χ2n) is 8.10. The number of nitrogens with one attached hydrogen (secondary N) is 1. The molecule has 2 aromatic rings. The lowest BCUT2D eigenvalue weighted by molar-refractivity contribution is -0.144. The first-order valence-electron chi connectivity index (χ1n) is 11.3. The number of morpholine rings is 1. The molecule has 0 bridgehead atoms. The van der Waals surface area contributed by atoms with Gasteiger partial charge in [0, 0.05) is 23.2 Å². The van der Waals surface area contributed by atoms with Crippen molar-refractivity contribution in [2.45, 2.75) is 19.8 Å². The molecule has 1 saturated heterocycles. The summed E-state index contributed by atoms with van der Waals surface area (Å²) in [5.41, 5.74) is 3.18. The summed E-state index contributed by atoms with van der Waals surface area (Å²) in [6.45, 7) is 5.60. The van der Waals surface area contributed by atoms with Gasteiger partial charge in [0.15, 0.2) is 0 Å². The number of ether oxygens (including phenoxy) is 3. The Labute approximate surface area is 193 Å². The second kappa shape index (κ2) is 11.0. The predicted molar refractivity (Wildman–Crippen MR) is 125 cm³/mol. The van der Waals surface area contributed by atoms with E-state index in [-0.39, 0.29) is 17.8 Å². The van der Waals surface area contributed by atoms with Crippen molar-refractivity contribution in [3.63, 3.8) is 0 Å². The number of fused-ring (bicyclic) bond motifs is 1. The van der Waals surface area contributed by atoms with Gasteiger partial charge in [-0.1, -0.05) is 18.2 Å². The molecule has 0 spiro atoms. The molecule has 2 heterocycles. The van der Waals surface area contributed by atoms with Crippen LogP contribution in [0.15, 0.2) is 47.6 Å². The molecule has 0 saturated carbocycles. The molecule has 0 radical (unpaired) electrons. The number of esters is 1. The Morgan fingerprint density at radius 2 is 1.97 bits per heavy atom. The van der Waals surface area contributed by atoms with E-state index in [0.717, 1.165) is 36.4 Å². The SMILES string of the molecule is CCOC(=O)CC1COc2cc(NC(=O)c3ccc(C=NN4CCOCC4)cc3)ccc2C1. The van der Waals surface area contributed by atoms with Crippen LogP contribution in [0.1, 0.15) is 34.8 Å². The summed E-state index contributed by atoms with van der Waals surface area (Å²) in [4.78, 5) is 24.4. The third-order valence-electron chi connectivity index (χ3n) is 5.60. The first kappa shape index (κ1) is 22.8. The number of hydrazone groups is 1. The number of carbonyl (C=O) groups is 2. The molecular formula is C25H29N3O5. The van der Waals surface area contributed by atoms with Crippen LogP contribution in [0.5, 0.6) is 5.75 Å². The van der Waals surface area contributed by atoms with E-state index in [1.165, 1.54) is 0 Å². The lowest BCUT2D eigenvalue weighted by Gasteiger charge is -2.25. The lowest BCUT2D eigenvalue weighted by atomic mass is 9.94. The van der Waals surface area contributed by atoms with Gasteiger partial charge in [0.1, 0.15) is 5.75 Å². The molecule has 8 heteroatoms. The quantitative estimate of drug-likeness (QED) is 0.514. The van der Waals surface area contributed by atoms with E-state index < -0.39 is 0 Å². The van der Waals surface area contributed by atoms with Gasteiger partial charge in [-0.15, -0.1) is 0 Å². The Morgan fingerprint density at radius 3 is 2.73 bits per heavy atom. The molecule has 1 atom stereocenters. The molecular weight excluding hydrogens is 422 g/mol. The smallest absolute Gasteiger partial charge is 0.306 e. The largest absolute Gasteiger partial charge is 0.493 e. The topological polar surface area (TPSA) is 89.5 Å². The van der Waals surface area contributed by atoms with Crippen LogP contribution in [-0.4, -0.2) is 62.6 Å². The van der Waals surface area contributed by atoms with Crippen LogP contribution in [0.3, 0.4) is 0 Å². The van der Waals surface area contributed by atoms with Gasteiger partial charge in [0.25, 0.3) is 5.91 Å². The normalized spacial score (nSPS) is 17.8. The zero-order valence-corrected chi connectivity index (χ0v) is 18.8. The fourth-order valence-corrected chi connectivity index (χ4v) is 3.84. The maximum absolute atomic E-state index is 12.7.